The van der Waals surface area contributed by atoms with E-state index in [-0.39, 0.29) is 12.5 Å². The number of carboxylic acid groups (broad SMARTS) is 1. The van der Waals surface area contributed by atoms with Crippen LogP contribution in [-0.2, 0) is 4.79 Å². The number of rotatable bonds is 4. The van der Waals surface area contributed by atoms with Crippen molar-refractivity contribution >= 4 is 28.5 Å². The summed E-state index contributed by atoms with van der Waals surface area (Å²) in [6.45, 7) is 3.25. The molecule has 1 aliphatic heterocycles. The zero-order valence-electron chi connectivity index (χ0n) is 11.5. The Morgan fingerprint density at radius 1 is 1.50 bits per heavy atom. The van der Waals surface area contributed by atoms with Gasteiger partial charge in [0.2, 0.25) is 0 Å². The van der Waals surface area contributed by atoms with Crippen LogP contribution in [0.4, 0.5) is 9.93 Å². The number of carbonyl (C=O) groups excluding carboxylic acids is 1. The average molecular weight is 297 g/mol. The van der Waals surface area contributed by atoms with Crippen molar-refractivity contribution in [2.45, 2.75) is 32.6 Å². The molecule has 2 heterocycles. The van der Waals surface area contributed by atoms with Crippen molar-refractivity contribution in [3.63, 3.8) is 0 Å². The van der Waals surface area contributed by atoms with Gasteiger partial charge in [0.25, 0.3) is 0 Å². The molecule has 6 nitrogen and oxygen atoms in total. The number of aromatic nitrogens is 1. The zero-order valence-corrected chi connectivity index (χ0v) is 12.3. The van der Waals surface area contributed by atoms with E-state index in [1.165, 1.54) is 11.3 Å². The van der Waals surface area contributed by atoms with Crippen LogP contribution in [0, 0.1) is 12.8 Å². The fourth-order valence-corrected chi connectivity index (χ4v) is 3.01. The number of hydrogen-bond donors (Lipinski definition) is 2. The first-order valence-electron chi connectivity index (χ1n) is 6.74. The van der Waals surface area contributed by atoms with Crippen molar-refractivity contribution in [2.75, 3.05) is 18.4 Å². The SMILES string of the molecule is Cc1csc(NC(=O)N2CCC(CCC(=O)O)CC2)n1. The Kier molecular flexibility index (Phi) is 4.94. The quantitative estimate of drug-likeness (QED) is 0.894. The lowest BCUT2D eigenvalue weighted by Crippen LogP contribution is -2.41. The lowest BCUT2D eigenvalue weighted by molar-refractivity contribution is -0.137. The molecule has 0 aliphatic carbocycles. The highest BCUT2D eigenvalue weighted by atomic mass is 32.1. The van der Waals surface area contributed by atoms with E-state index in [9.17, 15) is 9.59 Å². The van der Waals surface area contributed by atoms with Gasteiger partial charge in [0.1, 0.15) is 0 Å². The standard InChI is InChI=1S/C13H19N3O3S/c1-9-8-20-12(14-9)15-13(19)16-6-4-10(5-7-16)2-3-11(17)18/h8,10H,2-7H2,1H3,(H,17,18)(H,14,15,19). The molecule has 1 saturated heterocycles. The molecule has 7 heteroatoms. The maximum atomic E-state index is 12.0. The molecule has 2 N–H and O–H groups in total. The summed E-state index contributed by atoms with van der Waals surface area (Å²) in [5.74, 6) is -0.332. The van der Waals surface area contributed by atoms with Crippen LogP contribution in [0.25, 0.3) is 0 Å². The van der Waals surface area contributed by atoms with Crippen LogP contribution in [-0.4, -0.2) is 40.1 Å². The van der Waals surface area contributed by atoms with E-state index in [1.54, 1.807) is 4.90 Å². The summed E-state index contributed by atoms with van der Waals surface area (Å²) >= 11 is 1.42. The summed E-state index contributed by atoms with van der Waals surface area (Å²) in [6, 6.07) is -0.115. The normalized spacial score (nSPS) is 16.1. The van der Waals surface area contributed by atoms with Crippen LogP contribution < -0.4 is 5.32 Å². The third-order valence-electron chi connectivity index (χ3n) is 3.50. The summed E-state index contributed by atoms with van der Waals surface area (Å²) in [5.41, 5.74) is 0.901. The number of aliphatic carboxylic acids is 1. The Morgan fingerprint density at radius 3 is 2.75 bits per heavy atom. The van der Waals surface area contributed by atoms with Gasteiger partial charge in [0.05, 0.1) is 5.69 Å². The summed E-state index contributed by atoms with van der Waals surface area (Å²) in [7, 11) is 0. The monoisotopic (exact) mass is 297 g/mol. The van der Waals surface area contributed by atoms with Crippen LogP contribution in [0.1, 0.15) is 31.4 Å². The second-order valence-corrected chi connectivity index (χ2v) is 5.95. The number of anilines is 1. The molecule has 1 aromatic heterocycles. The van der Waals surface area contributed by atoms with Crippen molar-refractivity contribution in [1.82, 2.24) is 9.88 Å². The van der Waals surface area contributed by atoms with Crippen molar-refractivity contribution in [3.05, 3.63) is 11.1 Å². The van der Waals surface area contributed by atoms with Gasteiger partial charge in [-0.3, -0.25) is 10.1 Å². The lowest BCUT2D eigenvalue weighted by atomic mass is 9.92. The number of carbonyl (C=O) groups is 2. The van der Waals surface area contributed by atoms with E-state index in [0.717, 1.165) is 18.5 Å². The highest BCUT2D eigenvalue weighted by molar-refractivity contribution is 7.13. The van der Waals surface area contributed by atoms with Gasteiger partial charge in [-0.1, -0.05) is 0 Å². The number of nitrogens with zero attached hydrogens (tertiary/aromatic N) is 2. The summed E-state index contributed by atoms with van der Waals surface area (Å²) in [5, 5.41) is 14.0. The second kappa shape index (κ2) is 6.69. The van der Waals surface area contributed by atoms with Crippen molar-refractivity contribution < 1.29 is 14.7 Å². The molecule has 110 valence electrons. The van der Waals surface area contributed by atoms with Crippen LogP contribution in [0.5, 0.6) is 0 Å². The molecule has 0 spiro atoms. The number of urea groups is 1. The number of amides is 2. The molecule has 1 fully saturated rings. The number of piperidine rings is 1. The van der Waals surface area contributed by atoms with Crippen LogP contribution in [0.3, 0.4) is 0 Å². The molecule has 0 unspecified atom stereocenters. The lowest BCUT2D eigenvalue weighted by Gasteiger charge is -2.31. The maximum absolute atomic E-state index is 12.0. The molecule has 1 aromatic rings. The van der Waals surface area contributed by atoms with Crippen LogP contribution in [0.2, 0.25) is 0 Å². The fourth-order valence-electron chi connectivity index (χ4n) is 2.33. The molecule has 1 aliphatic rings. The predicted molar refractivity (Wildman–Crippen MR) is 77.0 cm³/mol. The Hall–Kier alpha value is -1.63. The minimum atomic E-state index is -0.746. The van der Waals surface area contributed by atoms with E-state index in [0.29, 0.717) is 30.6 Å². The van der Waals surface area contributed by atoms with Gasteiger partial charge in [-0.05, 0) is 32.1 Å². The van der Waals surface area contributed by atoms with Crippen LogP contribution in [0.15, 0.2) is 5.38 Å². The largest absolute Gasteiger partial charge is 0.481 e. The molecule has 0 saturated carbocycles. The van der Waals surface area contributed by atoms with Gasteiger partial charge < -0.3 is 10.0 Å². The first-order valence-corrected chi connectivity index (χ1v) is 7.62. The van der Waals surface area contributed by atoms with Crippen LogP contribution >= 0.6 is 11.3 Å². The molecule has 0 aromatic carbocycles. The number of carboxylic acids is 1. The Bertz CT molecular complexity index is 481. The third kappa shape index (κ3) is 4.19. The summed E-state index contributed by atoms with van der Waals surface area (Å²) in [4.78, 5) is 28.6. The Labute approximate surface area is 121 Å². The summed E-state index contributed by atoms with van der Waals surface area (Å²) in [6.07, 6.45) is 2.67. The first kappa shape index (κ1) is 14.8. The van der Waals surface area contributed by atoms with Crippen molar-refractivity contribution in [3.8, 4) is 0 Å². The van der Waals surface area contributed by atoms with E-state index < -0.39 is 5.97 Å². The van der Waals surface area contributed by atoms with Gasteiger partial charge in [-0.25, -0.2) is 9.78 Å². The second-order valence-electron chi connectivity index (χ2n) is 5.09. The third-order valence-corrected chi connectivity index (χ3v) is 4.38. The van der Waals surface area contributed by atoms with Crippen molar-refractivity contribution in [1.29, 1.82) is 0 Å². The zero-order chi connectivity index (χ0) is 14.5. The highest BCUT2D eigenvalue weighted by Gasteiger charge is 2.23. The topological polar surface area (TPSA) is 82.5 Å². The minimum Gasteiger partial charge on any atom is -0.481 e. The number of nitrogens with one attached hydrogen (secondary N) is 1. The summed E-state index contributed by atoms with van der Waals surface area (Å²) < 4.78 is 0. The van der Waals surface area contributed by atoms with Gasteiger partial charge in [-0.2, -0.15) is 0 Å². The molecular weight excluding hydrogens is 278 g/mol. The number of hydrogen-bond acceptors (Lipinski definition) is 4. The van der Waals surface area contributed by atoms with E-state index in [1.807, 2.05) is 12.3 Å². The molecule has 20 heavy (non-hydrogen) atoms. The molecule has 2 amide bonds. The number of aryl methyl sites for hydroxylation is 1. The number of likely N-dealkylation sites (tertiary alicyclic amines) is 1. The highest BCUT2D eigenvalue weighted by Crippen LogP contribution is 2.23. The Morgan fingerprint density at radius 2 is 2.20 bits per heavy atom. The van der Waals surface area contributed by atoms with E-state index in [2.05, 4.69) is 10.3 Å². The Balaban J connectivity index is 1.75. The van der Waals surface area contributed by atoms with E-state index in [4.69, 9.17) is 5.11 Å². The van der Waals surface area contributed by atoms with Gasteiger partial charge >= 0.3 is 12.0 Å². The number of thiazole rings is 1. The molecule has 2 rings (SSSR count). The molecule has 0 radical (unpaired) electrons. The van der Waals surface area contributed by atoms with Crippen molar-refractivity contribution in [2.24, 2.45) is 5.92 Å². The minimum absolute atomic E-state index is 0.115. The predicted octanol–water partition coefficient (Wildman–Crippen LogP) is 2.56. The van der Waals surface area contributed by atoms with E-state index >= 15 is 0 Å². The fraction of sp³-hybridized carbons (Fsp3) is 0.615. The molecular formula is C13H19N3O3S. The van der Waals surface area contributed by atoms with Gasteiger partial charge in [0.15, 0.2) is 5.13 Å². The smallest absolute Gasteiger partial charge is 0.323 e. The van der Waals surface area contributed by atoms with Gasteiger partial charge in [-0.15, -0.1) is 11.3 Å². The first-order chi connectivity index (χ1) is 9.54. The molecule has 0 bridgehead atoms. The maximum Gasteiger partial charge on any atom is 0.323 e. The van der Waals surface area contributed by atoms with Gasteiger partial charge in [0, 0.05) is 24.9 Å². The average Bonchev–Trinajstić information content (AvgIpc) is 2.82. The molecule has 0 atom stereocenters.